The van der Waals surface area contributed by atoms with Crippen LogP contribution in [-0.4, -0.2) is 5.91 Å². The van der Waals surface area contributed by atoms with Crippen LogP contribution < -0.4 is 5.32 Å². The number of hydrogen-bond acceptors (Lipinski definition) is 2. The van der Waals surface area contributed by atoms with Crippen molar-refractivity contribution in [1.82, 2.24) is 5.32 Å². The summed E-state index contributed by atoms with van der Waals surface area (Å²) in [6, 6.07) is 21.8. The highest BCUT2D eigenvalue weighted by Crippen LogP contribution is 2.24. The molecule has 0 aliphatic heterocycles. The standard InChI is InChI=1S/C19H17NOS/c1-14(15-6-3-2-4-7-15)20-19(21)17-11-9-16(10-12-17)18-8-5-13-22-18/h2-14H,1H3,(H,20,21). The zero-order chi connectivity index (χ0) is 15.4. The maximum absolute atomic E-state index is 12.3. The minimum absolute atomic E-state index is 0.00864. The van der Waals surface area contributed by atoms with Gasteiger partial charge in [0.25, 0.3) is 5.91 Å². The molecule has 3 heteroatoms. The fraction of sp³-hybridized carbons (Fsp3) is 0.105. The Hall–Kier alpha value is -2.39. The van der Waals surface area contributed by atoms with Crippen molar-refractivity contribution in [3.63, 3.8) is 0 Å². The summed E-state index contributed by atoms with van der Waals surface area (Å²) in [6.07, 6.45) is 0. The number of thiophene rings is 1. The molecular formula is C19H17NOS. The van der Waals surface area contributed by atoms with Crippen molar-refractivity contribution in [2.75, 3.05) is 0 Å². The Morgan fingerprint density at radius 2 is 1.68 bits per heavy atom. The number of rotatable bonds is 4. The molecule has 1 N–H and O–H groups in total. The molecule has 1 atom stereocenters. The Labute approximate surface area is 134 Å². The number of carbonyl (C=O) groups excluding carboxylic acids is 1. The lowest BCUT2D eigenvalue weighted by molar-refractivity contribution is 0.0940. The molecule has 1 heterocycles. The van der Waals surface area contributed by atoms with Crippen molar-refractivity contribution >= 4 is 17.2 Å². The third kappa shape index (κ3) is 3.26. The molecule has 0 radical (unpaired) electrons. The van der Waals surface area contributed by atoms with E-state index in [9.17, 15) is 4.79 Å². The molecule has 0 saturated carbocycles. The first-order chi connectivity index (χ1) is 10.7. The minimum atomic E-state index is -0.0471. The maximum Gasteiger partial charge on any atom is 0.251 e. The van der Waals surface area contributed by atoms with E-state index in [0.717, 1.165) is 11.1 Å². The molecule has 3 rings (SSSR count). The summed E-state index contributed by atoms with van der Waals surface area (Å²) in [7, 11) is 0. The van der Waals surface area contributed by atoms with Crippen LogP contribution in [0, 0.1) is 0 Å². The van der Waals surface area contributed by atoms with Gasteiger partial charge in [0.15, 0.2) is 0 Å². The Bertz CT molecular complexity index is 733. The molecule has 2 nitrogen and oxygen atoms in total. The van der Waals surface area contributed by atoms with E-state index in [4.69, 9.17) is 0 Å². The lowest BCUT2D eigenvalue weighted by Crippen LogP contribution is -2.26. The van der Waals surface area contributed by atoms with E-state index in [1.54, 1.807) is 11.3 Å². The Morgan fingerprint density at radius 3 is 2.32 bits per heavy atom. The smallest absolute Gasteiger partial charge is 0.251 e. The summed E-state index contributed by atoms with van der Waals surface area (Å²) in [5.74, 6) is -0.0471. The van der Waals surface area contributed by atoms with Crippen molar-refractivity contribution in [2.24, 2.45) is 0 Å². The Balaban J connectivity index is 1.70. The molecular weight excluding hydrogens is 290 g/mol. The van der Waals surface area contributed by atoms with Crippen LogP contribution in [-0.2, 0) is 0 Å². The number of benzene rings is 2. The van der Waals surface area contributed by atoms with Gasteiger partial charge in [-0.3, -0.25) is 4.79 Å². The molecule has 1 aromatic heterocycles. The molecule has 0 spiro atoms. The van der Waals surface area contributed by atoms with Gasteiger partial charge < -0.3 is 5.32 Å². The molecule has 1 amide bonds. The van der Waals surface area contributed by atoms with Crippen molar-refractivity contribution in [3.8, 4) is 10.4 Å². The number of carbonyl (C=O) groups is 1. The van der Waals surface area contributed by atoms with Gasteiger partial charge >= 0.3 is 0 Å². The van der Waals surface area contributed by atoms with Gasteiger partial charge in [-0.2, -0.15) is 0 Å². The highest BCUT2D eigenvalue weighted by atomic mass is 32.1. The third-order valence-corrected chi connectivity index (χ3v) is 4.52. The second kappa shape index (κ2) is 6.58. The lowest BCUT2D eigenvalue weighted by Gasteiger charge is -2.14. The summed E-state index contributed by atoms with van der Waals surface area (Å²) in [6.45, 7) is 1.99. The Kier molecular flexibility index (Phi) is 4.35. The summed E-state index contributed by atoms with van der Waals surface area (Å²) in [4.78, 5) is 13.5. The van der Waals surface area contributed by atoms with Gasteiger partial charge in [0.2, 0.25) is 0 Å². The molecule has 0 aliphatic carbocycles. The molecule has 2 aromatic carbocycles. The van der Waals surface area contributed by atoms with Gasteiger partial charge in [0, 0.05) is 10.4 Å². The number of nitrogens with one attached hydrogen (secondary N) is 1. The van der Waals surface area contributed by atoms with E-state index in [-0.39, 0.29) is 11.9 Å². The molecule has 0 fully saturated rings. The highest BCUT2D eigenvalue weighted by Gasteiger charge is 2.11. The first-order valence-corrected chi connectivity index (χ1v) is 8.12. The first kappa shape index (κ1) is 14.5. The second-order valence-electron chi connectivity index (χ2n) is 5.16. The summed E-state index contributed by atoms with van der Waals surface area (Å²) in [5.41, 5.74) is 2.93. The van der Waals surface area contributed by atoms with E-state index in [0.29, 0.717) is 5.56 Å². The Morgan fingerprint density at radius 1 is 0.955 bits per heavy atom. The van der Waals surface area contributed by atoms with E-state index in [1.807, 2.05) is 67.6 Å². The van der Waals surface area contributed by atoms with E-state index < -0.39 is 0 Å². The molecule has 1 unspecified atom stereocenters. The molecule has 0 bridgehead atoms. The van der Waals surface area contributed by atoms with Gasteiger partial charge in [0.05, 0.1) is 6.04 Å². The fourth-order valence-corrected chi connectivity index (χ4v) is 3.07. The summed E-state index contributed by atoms with van der Waals surface area (Å²) >= 11 is 1.70. The molecule has 110 valence electrons. The van der Waals surface area contributed by atoms with Crippen LogP contribution in [0.3, 0.4) is 0 Å². The number of hydrogen-bond donors (Lipinski definition) is 1. The predicted octanol–water partition coefficient (Wildman–Crippen LogP) is 4.91. The average molecular weight is 307 g/mol. The number of amides is 1. The van der Waals surface area contributed by atoms with Crippen molar-refractivity contribution in [3.05, 3.63) is 83.2 Å². The van der Waals surface area contributed by atoms with E-state index in [1.165, 1.54) is 4.88 Å². The quantitative estimate of drug-likeness (QED) is 0.729. The van der Waals surface area contributed by atoms with Crippen molar-refractivity contribution in [1.29, 1.82) is 0 Å². The first-order valence-electron chi connectivity index (χ1n) is 7.24. The normalized spacial score (nSPS) is 11.9. The van der Waals surface area contributed by atoms with Crippen LogP contribution in [0.5, 0.6) is 0 Å². The summed E-state index contributed by atoms with van der Waals surface area (Å²) in [5, 5.41) is 5.08. The molecule has 3 aromatic rings. The van der Waals surface area contributed by atoms with Gasteiger partial charge in [-0.15, -0.1) is 11.3 Å². The van der Waals surface area contributed by atoms with Crippen LogP contribution >= 0.6 is 11.3 Å². The monoisotopic (exact) mass is 307 g/mol. The minimum Gasteiger partial charge on any atom is -0.346 e. The second-order valence-corrected chi connectivity index (χ2v) is 6.11. The van der Waals surface area contributed by atoms with Gasteiger partial charge in [-0.1, -0.05) is 48.5 Å². The van der Waals surface area contributed by atoms with Gasteiger partial charge in [-0.05, 0) is 41.6 Å². The molecule has 22 heavy (non-hydrogen) atoms. The van der Waals surface area contributed by atoms with Gasteiger partial charge in [-0.25, -0.2) is 0 Å². The molecule has 0 aliphatic rings. The van der Waals surface area contributed by atoms with Crippen LogP contribution in [0.15, 0.2) is 72.1 Å². The lowest BCUT2D eigenvalue weighted by atomic mass is 10.1. The van der Waals surface area contributed by atoms with E-state index in [2.05, 4.69) is 16.8 Å². The largest absolute Gasteiger partial charge is 0.346 e. The highest BCUT2D eigenvalue weighted by molar-refractivity contribution is 7.13. The zero-order valence-electron chi connectivity index (χ0n) is 12.3. The van der Waals surface area contributed by atoms with Gasteiger partial charge in [0.1, 0.15) is 0 Å². The summed E-state index contributed by atoms with van der Waals surface area (Å²) < 4.78 is 0. The van der Waals surface area contributed by atoms with Crippen LogP contribution in [0.2, 0.25) is 0 Å². The third-order valence-electron chi connectivity index (χ3n) is 3.60. The van der Waals surface area contributed by atoms with Crippen molar-refractivity contribution in [2.45, 2.75) is 13.0 Å². The van der Waals surface area contributed by atoms with Crippen LogP contribution in [0.4, 0.5) is 0 Å². The van der Waals surface area contributed by atoms with E-state index >= 15 is 0 Å². The topological polar surface area (TPSA) is 29.1 Å². The zero-order valence-corrected chi connectivity index (χ0v) is 13.1. The van der Waals surface area contributed by atoms with Crippen molar-refractivity contribution < 1.29 is 4.79 Å². The SMILES string of the molecule is CC(NC(=O)c1ccc(-c2cccs2)cc1)c1ccccc1. The average Bonchev–Trinajstić information content (AvgIpc) is 3.10. The predicted molar refractivity (Wildman–Crippen MR) is 92.1 cm³/mol. The van der Waals surface area contributed by atoms with Crippen LogP contribution in [0.1, 0.15) is 28.9 Å². The fourth-order valence-electron chi connectivity index (χ4n) is 2.33. The molecule has 0 saturated heterocycles. The maximum atomic E-state index is 12.3. The van der Waals surface area contributed by atoms with Crippen LogP contribution in [0.25, 0.3) is 10.4 Å².